The fourth-order valence-electron chi connectivity index (χ4n) is 1.68. The van der Waals surface area contributed by atoms with Crippen LogP contribution in [0.15, 0.2) is 5.11 Å². The molecule has 5 heteroatoms. The van der Waals surface area contributed by atoms with E-state index in [0.717, 1.165) is 38.5 Å². The average molecular weight is 240 g/mol. The van der Waals surface area contributed by atoms with Gasteiger partial charge in [0.1, 0.15) is 0 Å². The van der Waals surface area contributed by atoms with Crippen molar-refractivity contribution in [3.8, 4) is 0 Å². The third-order valence-corrected chi connectivity index (χ3v) is 2.82. The Morgan fingerprint density at radius 2 is 2.12 bits per heavy atom. The number of amides is 1. The lowest BCUT2D eigenvalue weighted by Crippen LogP contribution is -2.31. The molecule has 0 aliphatic heterocycles. The van der Waals surface area contributed by atoms with Crippen LogP contribution in [0.5, 0.6) is 0 Å². The van der Waals surface area contributed by atoms with Crippen molar-refractivity contribution < 1.29 is 4.79 Å². The minimum atomic E-state index is 0.159. The van der Waals surface area contributed by atoms with E-state index in [2.05, 4.69) is 29.2 Å². The number of nitrogens with zero attached hydrogens (tertiary/aromatic N) is 3. The summed E-state index contributed by atoms with van der Waals surface area (Å²) in [5.74, 6) is 0.330. The Hall–Kier alpha value is -1.22. The second-order valence-corrected chi connectivity index (χ2v) is 4.20. The van der Waals surface area contributed by atoms with Crippen molar-refractivity contribution in [2.45, 2.75) is 52.4 Å². The molecule has 1 unspecified atom stereocenters. The first kappa shape index (κ1) is 15.8. The molecular weight excluding hydrogens is 216 g/mol. The van der Waals surface area contributed by atoms with E-state index in [1.165, 1.54) is 0 Å². The van der Waals surface area contributed by atoms with E-state index in [9.17, 15) is 4.79 Å². The summed E-state index contributed by atoms with van der Waals surface area (Å²) in [6.45, 7) is 5.39. The molecule has 0 saturated heterocycles. The smallest absolute Gasteiger partial charge is 0.223 e. The third kappa shape index (κ3) is 8.57. The predicted molar refractivity (Wildman–Crippen MR) is 69.6 cm³/mol. The zero-order valence-corrected chi connectivity index (χ0v) is 11.0. The highest BCUT2D eigenvalue weighted by Crippen LogP contribution is 2.12. The van der Waals surface area contributed by atoms with Gasteiger partial charge in [-0.15, -0.1) is 0 Å². The minimum Gasteiger partial charge on any atom is -0.356 e. The minimum absolute atomic E-state index is 0.159. The van der Waals surface area contributed by atoms with Crippen molar-refractivity contribution >= 4 is 5.91 Å². The van der Waals surface area contributed by atoms with E-state index >= 15 is 0 Å². The number of azide groups is 1. The lowest BCUT2D eigenvalue weighted by molar-refractivity contribution is -0.125. The maximum atomic E-state index is 11.8. The average Bonchev–Trinajstić information content (AvgIpc) is 2.34. The van der Waals surface area contributed by atoms with Crippen molar-refractivity contribution in [3.05, 3.63) is 10.4 Å². The molecule has 5 nitrogen and oxygen atoms in total. The first-order chi connectivity index (χ1) is 8.26. The zero-order valence-electron chi connectivity index (χ0n) is 11.0. The van der Waals surface area contributed by atoms with E-state index in [0.29, 0.717) is 13.1 Å². The van der Waals surface area contributed by atoms with Crippen LogP contribution in [0, 0.1) is 5.92 Å². The summed E-state index contributed by atoms with van der Waals surface area (Å²) in [5.41, 5.74) is 8.09. The molecule has 0 fully saturated rings. The number of unbranched alkanes of at least 4 members (excludes halogenated alkanes) is 2. The number of carbonyl (C=O) groups is 1. The SMILES string of the molecule is CCCCC(CC)C(=O)NCCCCN=[N+]=[N-]. The van der Waals surface area contributed by atoms with Crippen LogP contribution in [0.4, 0.5) is 0 Å². The fourth-order valence-corrected chi connectivity index (χ4v) is 1.68. The van der Waals surface area contributed by atoms with Gasteiger partial charge in [0.25, 0.3) is 0 Å². The van der Waals surface area contributed by atoms with Gasteiger partial charge in [-0.05, 0) is 31.2 Å². The van der Waals surface area contributed by atoms with Gasteiger partial charge in [-0.2, -0.15) is 0 Å². The Kier molecular flexibility index (Phi) is 10.5. The fraction of sp³-hybridized carbons (Fsp3) is 0.917. The molecule has 0 bridgehead atoms. The summed E-state index contributed by atoms with van der Waals surface area (Å²) in [5, 5.41) is 6.39. The van der Waals surface area contributed by atoms with Crippen LogP contribution in [-0.2, 0) is 4.79 Å². The van der Waals surface area contributed by atoms with Crippen LogP contribution in [0.25, 0.3) is 10.4 Å². The summed E-state index contributed by atoms with van der Waals surface area (Å²) < 4.78 is 0. The van der Waals surface area contributed by atoms with Crippen molar-refractivity contribution in [1.29, 1.82) is 0 Å². The van der Waals surface area contributed by atoms with E-state index in [-0.39, 0.29) is 11.8 Å². The van der Waals surface area contributed by atoms with Gasteiger partial charge in [-0.3, -0.25) is 4.79 Å². The summed E-state index contributed by atoms with van der Waals surface area (Å²) in [6, 6.07) is 0. The largest absolute Gasteiger partial charge is 0.356 e. The monoisotopic (exact) mass is 240 g/mol. The molecule has 1 amide bonds. The maximum absolute atomic E-state index is 11.8. The van der Waals surface area contributed by atoms with Crippen LogP contribution in [-0.4, -0.2) is 19.0 Å². The quantitative estimate of drug-likeness (QED) is 0.270. The summed E-state index contributed by atoms with van der Waals surface area (Å²) in [4.78, 5) is 14.5. The van der Waals surface area contributed by atoms with Crippen LogP contribution >= 0.6 is 0 Å². The Bertz CT molecular complexity index is 249. The molecule has 98 valence electrons. The van der Waals surface area contributed by atoms with Crippen LogP contribution in [0.1, 0.15) is 52.4 Å². The standard InChI is InChI=1S/C12H24N4O/c1-3-5-8-11(4-2)12(17)14-9-6-7-10-15-16-13/h11H,3-10H2,1-2H3,(H,14,17). The highest BCUT2D eigenvalue weighted by molar-refractivity contribution is 5.78. The highest BCUT2D eigenvalue weighted by Gasteiger charge is 2.14. The molecule has 0 heterocycles. The molecule has 0 saturated carbocycles. The van der Waals surface area contributed by atoms with E-state index in [1.54, 1.807) is 0 Å². The molecule has 0 aromatic rings. The van der Waals surface area contributed by atoms with Gasteiger partial charge in [0.15, 0.2) is 0 Å². The molecule has 0 aliphatic carbocycles. The van der Waals surface area contributed by atoms with Crippen LogP contribution in [0.3, 0.4) is 0 Å². The Labute approximate surface area is 104 Å². The molecule has 1 N–H and O–H groups in total. The molecule has 17 heavy (non-hydrogen) atoms. The molecule has 0 aromatic carbocycles. The summed E-state index contributed by atoms with van der Waals surface area (Å²) >= 11 is 0. The Balaban J connectivity index is 3.63. The number of rotatable bonds is 10. The molecule has 0 aliphatic rings. The maximum Gasteiger partial charge on any atom is 0.223 e. The van der Waals surface area contributed by atoms with Crippen molar-refractivity contribution in [1.82, 2.24) is 5.32 Å². The van der Waals surface area contributed by atoms with Gasteiger partial charge in [0.2, 0.25) is 5.91 Å². The first-order valence-corrected chi connectivity index (χ1v) is 6.54. The van der Waals surface area contributed by atoms with Crippen LogP contribution in [0.2, 0.25) is 0 Å². The normalized spacial score (nSPS) is 11.6. The van der Waals surface area contributed by atoms with Gasteiger partial charge < -0.3 is 5.32 Å². The van der Waals surface area contributed by atoms with Gasteiger partial charge in [-0.25, -0.2) is 0 Å². The summed E-state index contributed by atoms with van der Waals surface area (Å²) in [6.07, 6.45) is 5.84. The number of nitrogens with one attached hydrogen (secondary N) is 1. The Morgan fingerprint density at radius 1 is 1.35 bits per heavy atom. The molecule has 0 spiro atoms. The van der Waals surface area contributed by atoms with E-state index < -0.39 is 0 Å². The Morgan fingerprint density at radius 3 is 2.71 bits per heavy atom. The van der Waals surface area contributed by atoms with Crippen LogP contribution < -0.4 is 5.32 Å². The molecule has 0 rings (SSSR count). The zero-order chi connectivity index (χ0) is 12.9. The van der Waals surface area contributed by atoms with Gasteiger partial charge in [0, 0.05) is 23.9 Å². The third-order valence-electron chi connectivity index (χ3n) is 2.82. The van der Waals surface area contributed by atoms with E-state index in [4.69, 9.17) is 5.53 Å². The van der Waals surface area contributed by atoms with Gasteiger partial charge >= 0.3 is 0 Å². The molecule has 0 aromatic heterocycles. The van der Waals surface area contributed by atoms with E-state index in [1.807, 2.05) is 0 Å². The topological polar surface area (TPSA) is 77.9 Å². The first-order valence-electron chi connectivity index (χ1n) is 6.54. The molecule has 0 radical (unpaired) electrons. The van der Waals surface area contributed by atoms with Gasteiger partial charge in [0.05, 0.1) is 0 Å². The van der Waals surface area contributed by atoms with Gasteiger partial charge in [-0.1, -0.05) is 31.8 Å². The highest BCUT2D eigenvalue weighted by atomic mass is 16.1. The molecular formula is C12H24N4O. The van der Waals surface area contributed by atoms with Crippen molar-refractivity contribution in [2.75, 3.05) is 13.1 Å². The molecule has 1 atom stereocenters. The number of hydrogen-bond donors (Lipinski definition) is 1. The second kappa shape index (κ2) is 11.3. The lowest BCUT2D eigenvalue weighted by Gasteiger charge is -2.14. The number of hydrogen-bond acceptors (Lipinski definition) is 2. The second-order valence-electron chi connectivity index (χ2n) is 4.20. The predicted octanol–water partition coefficient (Wildman–Crippen LogP) is 3.41. The van der Waals surface area contributed by atoms with Crippen molar-refractivity contribution in [2.24, 2.45) is 11.0 Å². The lowest BCUT2D eigenvalue weighted by atomic mass is 9.98. The number of carbonyl (C=O) groups excluding carboxylic acids is 1. The van der Waals surface area contributed by atoms with Crippen molar-refractivity contribution in [3.63, 3.8) is 0 Å². The summed E-state index contributed by atoms with van der Waals surface area (Å²) in [7, 11) is 0.